The topological polar surface area (TPSA) is 87.1 Å². The third-order valence-electron chi connectivity index (χ3n) is 2.57. The summed E-state index contributed by atoms with van der Waals surface area (Å²) < 4.78 is 42.6. The quantitative estimate of drug-likeness (QED) is 0.586. The van der Waals surface area contributed by atoms with Gasteiger partial charge >= 0.3 is 6.03 Å². The molecule has 0 aromatic carbocycles. The number of urea groups is 1. The van der Waals surface area contributed by atoms with Gasteiger partial charge in [-0.1, -0.05) is 0 Å². The molecule has 3 N–H and O–H groups in total. The summed E-state index contributed by atoms with van der Waals surface area (Å²) in [5, 5.41) is 13.8. The van der Waals surface area contributed by atoms with E-state index in [4.69, 9.17) is 5.11 Å². The zero-order valence-electron chi connectivity index (χ0n) is 11.2. The van der Waals surface area contributed by atoms with Crippen molar-refractivity contribution in [2.24, 2.45) is 0 Å². The summed E-state index contributed by atoms with van der Waals surface area (Å²) in [6.45, 7) is -0.449. The summed E-state index contributed by atoms with van der Waals surface area (Å²) in [7, 11) is 0.694. The second-order valence-corrected chi connectivity index (χ2v) is 5.17. The Morgan fingerprint density at radius 1 is 1.41 bits per heavy atom. The minimum absolute atomic E-state index is 0.0260. The molecule has 0 atom stereocenters. The van der Waals surface area contributed by atoms with Crippen molar-refractivity contribution in [3.8, 4) is 0 Å². The van der Waals surface area contributed by atoms with Gasteiger partial charge < -0.3 is 10.4 Å². The van der Waals surface area contributed by atoms with Gasteiger partial charge in [0.1, 0.15) is 10.7 Å². The molecule has 0 aliphatic carbocycles. The summed E-state index contributed by atoms with van der Waals surface area (Å²) in [5.74, 6) is -3.94. The van der Waals surface area contributed by atoms with E-state index in [-0.39, 0.29) is 16.3 Å². The highest BCUT2D eigenvalue weighted by molar-refractivity contribution is 7.10. The van der Waals surface area contributed by atoms with Gasteiger partial charge in [-0.25, -0.2) is 18.6 Å². The molecule has 0 saturated carbocycles. The summed E-state index contributed by atoms with van der Waals surface area (Å²) in [6.07, 6.45) is 1.08. The number of anilines is 2. The number of nitrogens with one attached hydrogen (secondary N) is 2. The normalized spacial score (nSPS) is 11.3. The van der Waals surface area contributed by atoms with E-state index >= 15 is 0 Å². The van der Waals surface area contributed by atoms with Crippen molar-refractivity contribution >= 4 is 36.1 Å². The van der Waals surface area contributed by atoms with Gasteiger partial charge in [0.15, 0.2) is 0 Å². The highest BCUT2D eigenvalue weighted by Crippen LogP contribution is 2.28. The summed E-state index contributed by atoms with van der Waals surface area (Å²) >= 11 is 0.691. The Bertz CT molecular complexity index is 692. The van der Waals surface area contributed by atoms with Gasteiger partial charge in [0.25, 0.3) is 0 Å². The van der Waals surface area contributed by atoms with Gasteiger partial charge in [-0.05, 0) is 11.5 Å². The minimum atomic E-state index is -3.11. The van der Waals surface area contributed by atoms with E-state index in [2.05, 4.69) is 20.0 Å². The van der Waals surface area contributed by atoms with Crippen LogP contribution >= 0.6 is 11.5 Å². The molecule has 2 amide bonds. The number of carbonyl (C=O) groups is 1. The van der Waals surface area contributed by atoms with E-state index in [9.17, 15) is 18.0 Å². The zero-order valence-corrected chi connectivity index (χ0v) is 12.0. The Labute approximate surface area is 128 Å². The number of aromatic nitrogens is 2. The van der Waals surface area contributed by atoms with Crippen molar-refractivity contribution < 1.29 is 23.1 Å². The van der Waals surface area contributed by atoms with Crippen molar-refractivity contribution in [1.29, 1.82) is 0 Å². The average Bonchev–Trinajstić information content (AvgIpc) is 2.87. The van der Waals surface area contributed by atoms with Crippen LogP contribution in [0.2, 0.25) is 0 Å². The first kappa shape index (κ1) is 16.2. The molecule has 0 aliphatic rings. The number of nitrogens with zero attached hydrogens (tertiary/aromatic N) is 2. The molecule has 6 nitrogen and oxygen atoms in total. The van der Waals surface area contributed by atoms with Crippen LogP contribution in [0.5, 0.6) is 0 Å². The van der Waals surface area contributed by atoms with Gasteiger partial charge in [-0.15, -0.1) is 0 Å². The van der Waals surface area contributed by atoms with Crippen LogP contribution in [0.3, 0.4) is 0 Å². The van der Waals surface area contributed by atoms with Crippen LogP contribution in [0.1, 0.15) is 11.3 Å². The Balaban J connectivity index is 2.07. The van der Waals surface area contributed by atoms with Crippen LogP contribution in [0.4, 0.5) is 28.7 Å². The summed E-state index contributed by atoms with van der Waals surface area (Å²) in [4.78, 5) is 15.1. The van der Waals surface area contributed by atoms with Crippen molar-refractivity contribution in [3.05, 3.63) is 35.5 Å². The van der Waals surface area contributed by atoms with Crippen LogP contribution < -0.4 is 10.6 Å². The van der Waals surface area contributed by atoms with Crippen molar-refractivity contribution in [2.45, 2.75) is 12.4 Å². The van der Waals surface area contributed by atoms with E-state index in [0.29, 0.717) is 19.4 Å². The summed E-state index contributed by atoms with van der Waals surface area (Å²) in [6, 6.07) is 1.20. The molecule has 0 fully saturated rings. The SMILES string of the molecule is BC(F)(F)c1cc(NC(=O)Nc2cc(F)ncc2CO)sn1. The number of alkyl halides is 2. The number of aliphatic hydroxyl groups is 1. The lowest BCUT2D eigenvalue weighted by Crippen LogP contribution is -2.20. The van der Waals surface area contributed by atoms with Gasteiger partial charge in [0.05, 0.1) is 12.3 Å². The van der Waals surface area contributed by atoms with Gasteiger partial charge in [-0.2, -0.15) is 8.76 Å². The fraction of sp³-hybridized carbons (Fsp3) is 0.182. The number of aliphatic hydroxyl groups excluding tert-OH is 1. The molecular formula is C11H10BF3N4O2S. The smallest absolute Gasteiger partial charge is 0.324 e. The number of hydrogen-bond acceptors (Lipinski definition) is 5. The van der Waals surface area contributed by atoms with Crippen LogP contribution in [-0.4, -0.2) is 28.3 Å². The third-order valence-corrected chi connectivity index (χ3v) is 3.27. The Morgan fingerprint density at radius 2 is 2.14 bits per heavy atom. The fourth-order valence-electron chi connectivity index (χ4n) is 1.51. The fourth-order valence-corrected chi connectivity index (χ4v) is 2.22. The minimum Gasteiger partial charge on any atom is -0.392 e. The number of halogens is 3. The largest absolute Gasteiger partial charge is 0.392 e. The highest BCUT2D eigenvalue weighted by Gasteiger charge is 2.27. The standard InChI is InChI=1S/C11H10BF3N4O2S/c12-11(14,15)7-2-9(22-19-7)18-10(21)17-6-1-8(13)16-3-5(6)4-20/h1-3,20H,4,12H2,(H2,16,17,18,21). The van der Waals surface area contributed by atoms with E-state index < -0.39 is 30.1 Å². The van der Waals surface area contributed by atoms with Crippen LogP contribution in [0.15, 0.2) is 18.3 Å². The zero-order chi connectivity index (χ0) is 16.3. The first-order chi connectivity index (χ1) is 10.3. The highest BCUT2D eigenvalue weighted by atomic mass is 32.1. The van der Waals surface area contributed by atoms with E-state index in [1.165, 1.54) is 0 Å². The molecule has 0 bridgehead atoms. The number of hydrogen-bond donors (Lipinski definition) is 3. The lowest BCUT2D eigenvalue weighted by atomic mass is 9.96. The molecule has 0 aliphatic heterocycles. The molecule has 0 spiro atoms. The van der Waals surface area contributed by atoms with Crippen LogP contribution in [-0.2, 0) is 12.4 Å². The number of rotatable bonds is 4. The monoisotopic (exact) mass is 330 g/mol. The predicted octanol–water partition coefficient (Wildman–Crippen LogP) is 1.50. The van der Waals surface area contributed by atoms with E-state index in [0.717, 1.165) is 18.3 Å². The molecule has 2 aromatic rings. The van der Waals surface area contributed by atoms with Crippen molar-refractivity contribution in [1.82, 2.24) is 9.36 Å². The molecule has 116 valence electrons. The van der Waals surface area contributed by atoms with Crippen molar-refractivity contribution in [2.75, 3.05) is 10.6 Å². The molecule has 2 rings (SSSR count). The molecule has 0 unspecified atom stereocenters. The van der Waals surface area contributed by atoms with Crippen molar-refractivity contribution in [3.63, 3.8) is 0 Å². The predicted molar refractivity (Wildman–Crippen MR) is 77.3 cm³/mol. The Kier molecular flexibility index (Phi) is 4.67. The van der Waals surface area contributed by atoms with E-state index in [1.807, 2.05) is 0 Å². The molecule has 2 heterocycles. The van der Waals surface area contributed by atoms with Gasteiger partial charge in [-0.3, -0.25) is 5.32 Å². The van der Waals surface area contributed by atoms with Crippen LogP contribution in [0.25, 0.3) is 0 Å². The summed E-state index contributed by atoms with van der Waals surface area (Å²) in [5.41, 5.74) is -0.224. The number of amides is 2. The lowest BCUT2D eigenvalue weighted by Gasteiger charge is -2.09. The molecule has 22 heavy (non-hydrogen) atoms. The number of carbonyl (C=O) groups excluding carboxylic acids is 1. The molecule has 0 saturated heterocycles. The molecule has 0 radical (unpaired) electrons. The molecule has 11 heteroatoms. The first-order valence-electron chi connectivity index (χ1n) is 5.98. The Morgan fingerprint density at radius 3 is 2.73 bits per heavy atom. The van der Waals surface area contributed by atoms with Gasteiger partial charge in [0.2, 0.25) is 19.6 Å². The maximum absolute atomic E-state index is 13.0. The number of pyridine rings is 1. The lowest BCUT2D eigenvalue weighted by molar-refractivity contribution is 0.0902. The second kappa shape index (κ2) is 6.32. The average molecular weight is 330 g/mol. The van der Waals surface area contributed by atoms with Gasteiger partial charge in [0, 0.05) is 23.9 Å². The molecule has 2 aromatic heterocycles. The first-order valence-corrected chi connectivity index (χ1v) is 6.75. The molecular weight excluding hydrogens is 320 g/mol. The maximum Gasteiger partial charge on any atom is 0.324 e. The van der Waals surface area contributed by atoms with Crippen LogP contribution in [0, 0.1) is 5.95 Å². The Hall–Kier alpha value is -2.14. The van der Waals surface area contributed by atoms with E-state index in [1.54, 1.807) is 0 Å². The third kappa shape index (κ3) is 3.95. The maximum atomic E-state index is 13.0. The second-order valence-electron chi connectivity index (χ2n) is 4.37.